The first-order chi connectivity index (χ1) is 15.7. The molecule has 1 aromatic carbocycles. The van der Waals surface area contributed by atoms with Gasteiger partial charge in [-0.05, 0) is 23.8 Å². The van der Waals surface area contributed by atoms with E-state index in [9.17, 15) is 18.8 Å². The van der Waals surface area contributed by atoms with Crippen LogP contribution < -0.4 is 5.56 Å². The summed E-state index contributed by atoms with van der Waals surface area (Å²) < 4.78 is 16.1. The smallest absolute Gasteiger partial charge is 0.319 e. The number of urea groups is 1. The molecule has 8 nitrogen and oxygen atoms in total. The van der Waals surface area contributed by atoms with Crippen LogP contribution in [-0.4, -0.2) is 76.3 Å². The number of fused-ring (bicyclic) bond motifs is 1. The first kappa shape index (κ1) is 23.1. The van der Waals surface area contributed by atoms with E-state index in [4.69, 9.17) is 23.2 Å². The van der Waals surface area contributed by atoms with Gasteiger partial charge in [-0.2, -0.15) is 0 Å². The van der Waals surface area contributed by atoms with Crippen molar-refractivity contribution in [2.24, 2.45) is 0 Å². The topological polar surface area (TPSA) is 81.1 Å². The highest BCUT2D eigenvalue weighted by molar-refractivity contribution is 6.42. The highest BCUT2D eigenvalue weighted by Gasteiger charge is 2.27. The molecular weight excluding hydrogens is 472 g/mol. The zero-order valence-corrected chi connectivity index (χ0v) is 19.6. The van der Waals surface area contributed by atoms with Gasteiger partial charge in [0.05, 0.1) is 10.6 Å². The van der Waals surface area contributed by atoms with Crippen LogP contribution in [0.3, 0.4) is 0 Å². The molecule has 1 fully saturated rings. The Bertz CT molecular complexity index is 1300. The molecule has 0 spiro atoms. The third-order valence-corrected chi connectivity index (χ3v) is 6.41. The summed E-state index contributed by atoms with van der Waals surface area (Å²) in [5.74, 6) is -1.05. The third kappa shape index (κ3) is 4.43. The zero-order chi connectivity index (χ0) is 23.9. The maximum Gasteiger partial charge on any atom is 0.319 e. The SMILES string of the molecule is CN(C)C(=O)N1CCN(C(=O)c2cc(Cc3c[nH]c(=O)c4cc(Cl)c(Cl)n34)ccc2F)CC1. The number of aromatic nitrogens is 2. The van der Waals surface area contributed by atoms with Gasteiger partial charge in [0.1, 0.15) is 16.5 Å². The molecule has 0 unspecified atom stereocenters. The molecule has 174 valence electrons. The average molecular weight is 494 g/mol. The molecule has 0 atom stereocenters. The van der Waals surface area contributed by atoms with E-state index in [1.54, 1.807) is 30.0 Å². The largest absolute Gasteiger partial charge is 0.335 e. The van der Waals surface area contributed by atoms with Gasteiger partial charge >= 0.3 is 6.03 Å². The van der Waals surface area contributed by atoms with E-state index < -0.39 is 11.7 Å². The van der Waals surface area contributed by atoms with Crippen molar-refractivity contribution in [3.8, 4) is 0 Å². The van der Waals surface area contributed by atoms with Gasteiger partial charge in [0, 0.05) is 58.6 Å². The summed E-state index contributed by atoms with van der Waals surface area (Å²) in [4.78, 5) is 44.6. The second-order valence-corrected chi connectivity index (χ2v) is 8.83. The summed E-state index contributed by atoms with van der Waals surface area (Å²) in [7, 11) is 3.34. The number of hydrogen-bond donors (Lipinski definition) is 1. The number of nitrogens with zero attached hydrogens (tertiary/aromatic N) is 4. The predicted molar refractivity (Wildman–Crippen MR) is 124 cm³/mol. The molecule has 0 aliphatic carbocycles. The van der Waals surface area contributed by atoms with E-state index in [0.717, 1.165) is 0 Å². The Morgan fingerprint density at radius 3 is 2.42 bits per heavy atom. The fourth-order valence-electron chi connectivity index (χ4n) is 3.93. The summed E-state index contributed by atoms with van der Waals surface area (Å²) in [6, 6.07) is 5.70. The van der Waals surface area contributed by atoms with E-state index in [2.05, 4.69) is 4.98 Å². The maximum absolute atomic E-state index is 14.6. The second-order valence-electron chi connectivity index (χ2n) is 8.06. The Morgan fingerprint density at radius 1 is 1.09 bits per heavy atom. The van der Waals surface area contributed by atoms with Crippen LogP contribution in [0.4, 0.5) is 9.18 Å². The molecule has 0 saturated carbocycles. The fraction of sp³-hybridized carbons (Fsp3) is 0.318. The minimum absolute atomic E-state index is 0.0443. The fourth-order valence-corrected chi connectivity index (χ4v) is 4.37. The molecule has 1 saturated heterocycles. The van der Waals surface area contributed by atoms with Crippen LogP contribution in [0.1, 0.15) is 21.6 Å². The van der Waals surface area contributed by atoms with Crippen LogP contribution in [0, 0.1) is 5.82 Å². The average Bonchev–Trinajstić information content (AvgIpc) is 3.11. The van der Waals surface area contributed by atoms with Crippen LogP contribution in [-0.2, 0) is 6.42 Å². The number of piperazine rings is 1. The maximum atomic E-state index is 14.6. The Kier molecular flexibility index (Phi) is 6.36. The number of amides is 3. The number of aromatic amines is 1. The lowest BCUT2D eigenvalue weighted by Gasteiger charge is -2.36. The normalized spacial score (nSPS) is 14.1. The number of H-pyrrole nitrogens is 1. The predicted octanol–water partition coefficient (Wildman–Crippen LogP) is 3.10. The van der Waals surface area contributed by atoms with Gasteiger partial charge in [-0.3, -0.25) is 14.0 Å². The van der Waals surface area contributed by atoms with E-state index >= 15 is 0 Å². The first-order valence-electron chi connectivity index (χ1n) is 10.3. The molecular formula is C22H22Cl2FN5O3. The number of benzene rings is 1. The van der Waals surface area contributed by atoms with Gasteiger partial charge in [0.25, 0.3) is 11.5 Å². The molecule has 2 aromatic heterocycles. The van der Waals surface area contributed by atoms with Gasteiger partial charge in [-0.15, -0.1) is 0 Å². The Labute approximate surface area is 199 Å². The highest BCUT2D eigenvalue weighted by atomic mass is 35.5. The molecule has 0 radical (unpaired) electrons. The number of rotatable bonds is 3. The summed E-state index contributed by atoms with van der Waals surface area (Å²) in [6.07, 6.45) is 1.80. The van der Waals surface area contributed by atoms with Crippen molar-refractivity contribution in [3.05, 3.63) is 73.6 Å². The van der Waals surface area contributed by atoms with Crippen molar-refractivity contribution < 1.29 is 14.0 Å². The molecule has 11 heteroatoms. The standard InChI is InChI=1S/C22H22Cl2FN5O3/c1-27(2)22(33)29-7-5-28(6-8-29)21(32)15-10-13(3-4-17(15)25)9-14-12-26-20(31)18-11-16(23)19(24)30(14)18/h3-4,10-12H,5-9H2,1-2H3,(H,26,31). The lowest BCUT2D eigenvalue weighted by molar-refractivity contribution is 0.0645. The van der Waals surface area contributed by atoms with Crippen molar-refractivity contribution in [1.82, 2.24) is 24.1 Å². The molecule has 3 aromatic rings. The van der Waals surface area contributed by atoms with Crippen molar-refractivity contribution in [2.45, 2.75) is 6.42 Å². The van der Waals surface area contributed by atoms with E-state index in [1.807, 2.05) is 0 Å². The Balaban J connectivity index is 1.57. The van der Waals surface area contributed by atoms with Gasteiger partial charge in [-0.1, -0.05) is 29.3 Å². The van der Waals surface area contributed by atoms with Crippen molar-refractivity contribution in [3.63, 3.8) is 0 Å². The molecule has 3 amide bonds. The van der Waals surface area contributed by atoms with Crippen molar-refractivity contribution in [1.29, 1.82) is 0 Å². The van der Waals surface area contributed by atoms with Gasteiger partial charge in [-0.25, -0.2) is 9.18 Å². The Morgan fingerprint density at radius 2 is 1.76 bits per heavy atom. The Hall–Kier alpha value is -3.04. The summed E-state index contributed by atoms with van der Waals surface area (Å²) in [5.41, 5.74) is 1.20. The number of carbonyl (C=O) groups is 2. The molecule has 33 heavy (non-hydrogen) atoms. The lowest BCUT2D eigenvalue weighted by Crippen LogP contribution is -2.53. The highest BCUT2D eigenvalue weighted by Crippen LogP contribution is 2.27. The van der Waals surface area contributed by atoms with Crippen molar-refractivity contribution >= 4 is 40.7 Å². The molecule has 3 heterocycles. The number of carbonyl (C=O) groups excluding carboxylic acids is 2. The van der Waals surface area contributed by atoms with Crippen LogP contribution in [0.5, 0.6) is 0 Å². The minimum Gasteiger partial charge on any atom is -0.335 e. The van der Waals surface area contributed by atoms with Gasteiger partial charge in [0.2, 0.25) is 0 Å². The number of halogens is 3. The van der Waals surface area contributed by atoms with E-state index in [1.165, 1.54) is 33.7 Å². The number of hydrogen-bond acceptors (Lipinski definition) is 3. The molecule has 0 bridgehead atoms. The first-order valence-corrected chi connectivity index (χ1v) is 11.0. The van der Waals surface area contributed by atoms with Crippen LogP contribution in [0.15, 0.2) is 35.3 Å². The molecule has 4 rings (SSSR count). The van der Waals surface area contributed by atoms with E-state index in [0.29, 0.717) is 43.0 Å². The molecule has 1 aliphatic heterocycles. The summed E-state index contributed by atoms with van der Waals surface area (Å²) >= 11 is 12.4. The second kappa shape index (κ2) is 9.07. The molecule has 1 N–H and O–H groups in total. The minimum atomic E-state index is -0.621. The monoisotopic (exact) mass is 493 g/mol. The lowest BCUT2D eigenvalue weighted by atomic mass is 10.0. The number of nitrogens with one attached hydrogen (secondary N) is 1. The van der Waals surface area contributed by atoms with Crippen LogP contribution >= 0.6 is 23.2 Å². The van der Waals surface area contributed by atoms with Gasteiger partial charge < -0.3 is 19.7 Å². The van der Waals surface area contributed by atoms with Gasteiger partial charge in [0.15, 0.2) is 0 Å². The zero-order valence-electron chi connectivity index (χ0n) is 18.1. The van der Waals surface area contributed by atoms with E-state index in [-0.39, 0.29) is 33.8 Å². The quantitative estimate of drug-likeness (QED) is 0.608. The summed E-state index contributed by atoms with van der Waals surface area (Å²) in [6.45, 7) is 1.40. The third-order valence-electron chi connectivity index (χ3n) is 5.65. The van der Waals surface area contributed by atoms with Crippen LogP contribution in [0.25, 0.3) is 5.52 Å². The summed E-state index contributed by atoms with van der Waals surface area (Å²) in [5, 5.41) is 0.452. The molecule has 1 aliphatic rings. The van der Waals surface area contributed by atoms with Crippen molar-refractivity contribution in [2.75, 3.05) is 40.3 Å². The van der Waals surface area contributed by atoms with Crippen LogP contribution in [0.2, 0.25) is 10.2 Å².